The van der Waals surface area contributed by atoms with Gasteiger partial charge in [-0.25, -0.2) is 4.39 Å². The SMILES string of the molecule is CCC(CN)CN(C)c1ccccc1F. The van der Waals surface area contributed by atoms with E-state index in [0.29, 0.717) is 18.2 Å². The number of benzene rings is 1. The molecule has 15 heavy (non-hydrogen) atoms. The number of rotatable bonds is 5. The van der Waals surface area contributed by atoms with Crippen LogP contribution in [0.3, 0.4) is 0 Å². The second kappa shape index (κ2) is 5.71. The molecule has 0 amide bonds. The predicted octanol–water partition coefficient (Wildman–Crippen LogP) is 2.25. The molecule has 1 aromatic rings. The number of nitrogens with zero attached hydrogens (tertiary/aromatic N) is 1. The van der Waals surface area contributed by atoms with Crippen LogP contribution in [0, 0.1) is 11.7 Å². The topological polar surface area (TPSA) is 29.3 Å². The van der Waals surface area contributed by atoms with Gasteiger partial charge >= 0.3 is 0 Å². The molecule has 2 N–H and O–H groups in total. The minimum absolute atomic E-state index is 0.174. The standard InChI is InChI=1S/C12H19FN2/c1-3-10(8-14)9-15(2)12-7-5-4-6-11(12)13/h4-7,10H,3,8-9,14H2,1-2H3. The van der Waals surface area contributed by atoms with E-state index in [2.05, 4.69) is 6.92 Å². The van der Waals surface area contributed by atoms with Crippen LogP contribution in [0.1, 0.15) is 13.3 Å². The molecule has 0 spiro atoms. The van der Waals surface area contributed by atoms with E-state index in [1.165, 1.54) is 6.07 Å². The lowest BCUT2D eigenvalue weighted by atomic mass is 10.1. The first kappa shape index (κ1) is 12.0. The average Bonchev–Trinajstić information content (AvgIpc) is 2.26. The summed E-state index contributed by atoms with van der Waals surface area (Å²) in [5.41, 5.74) is 6.27. The van der Waals surface area contributed by atoms with E-state index in [1.54, 1.807) is 12.1 Å². The fourth-order valence-electron chi connectivity index (χ4n) is 1.62. The molecule has 0 fully saturated rings. The molecule has 0 radical (unpaired) electrons. The van der Waals surface area contributed by atoms with E-state index in [-0.39, 0.29) is 5.82 Å². The lowest BCUT2D eigenvalue weighted by Crippen LogP contribution is -2.30. The summed E-state index contributed by atoms with van der Waals surface area (Å²) in [6.07, 6.45) is 1.02. The Balaban J connectivity index is 2.68. The Bertz CT molecular complexity index is 297. The molecule has 0 saturated carbocycles. The number of hydrogen-bond acceptors (Lipinski definition) is 2. The summed E-state index contributed by atoms with van der Waals surface area (Å²) in [5, 5.41) is 0. The summed E-state index contributed by atoms with van der Waals surface area (Å²) < 4.78 is 13.4. The molecule has 0 aliphatic heterocycles. The summed E-state index contributed by atoms with van der Waals surface area (Å²) in [5.74, 6) is 0.251. The van der Waals surface area contributed by atoms with Crippen LogP contribution in [-0.4, -0.2) is 20.1 Å². The van der Waals surface area contributed by atoms with Gasteiger partial charge in [0.25, 0.3) is 0 Å². The lowest BCUT2D eigenvalue weighted by molar-refractivity contribution is 0.515. The number of hydrogen-bond donors (Lipinski definition) is 1. The summed E-state index contributed by atoms with van der Waals surface area (Å²) in [6.45, 7) is 3.55. The van der Waals surface area contributed by atoms with Crippen molar-refractivity contribution in [3.05, 3.63) is 30.1 Å². The van der Waals surface area contributed by atoms with Crippen molar-refractivity contribution in [2.75, 3.05) is 25.0 Å². The zero-order valence-electron chi connectivity index (χ0n) is 9.41. The molecule has 2 nitrogen and oxygen atoms in total. The van der Waals surface area contributed by atoms with E-state index in [4.69, 9.17) is 5.73 Å². The van der Waals surface area contributed by atoms with Crippen LogP contribution < -0.4 is 10.6 Å². The van der Waals surface area contributed by atoms with Crippen LogP contribution in [0.15, 0.2) is 24.3 Å². The van der Waals surface area contributed by atoms with Gasteiger partial charge in [-0.3, -0.25) is 0 Å². The van der Waals surface area contributed by atoms with Gasteiger partial charge in [-0.05, 0) is 24.6 Å². The van der Waals surface area contributed by atoms with Crippen LogP contribution >= 0.6 is 0 Å². The minimum Gasteiger partial charge on any atom is -0.372 e. The first-order chi connectivity index (χ1) is 7.19. The Morgan fingerprint density at radius 3 is 2.60 bits per heavy atom. The number of para-hydroxylation sites is 1. The van der Waals surface area contributed by atoms with Crippen LogP contribution in [0.5, 0.6) is 0 Å². The second-order valence-electron chi connectivity index (χ2n) is 3.84. The maximum absolute atomic E-state index is 13.4. The molecule has 0 aromatic heterocycles. The highest BCUT2D eigenvalue weighted by atomic mass is 19.1. The first-order valence-corrected chi connectivity index (χ1v) is 5.34. The van der Waals surface area contributed by atoms with Crippen molar-refractivity contribution in [2.45, 2.75) is 13.3 Å². The van der Waals surface area contributed by atoms with Crippen LogP contribution in [0.2, 0.25) is 0 Å². The van der Waals surface area contributed by atoms with E-state index in [9.17, 15) is 4.39 Å². The molecule has 0 aliphatic carbocycles. The maximum Gasteiger partial charge on any atom is 0.146 e. The number of nitrogens with two attached hydrogens (primary N) is 1. The average molecular weight is 210 g/mol. The Labute approximate surface area is 90.9 Å². The molecule has 0 aliphatic rings. The van der Waals surface area contributed by atoms with Crippen molar-refractivity contribution in [2.24, 2.45) is 11.7 Å². The van der Waals surface area contributed by atoms with Gasteiger partial charge in [0.15, 0.2) is 0 Å². The maximum atomic E-state index is 13.4. The number of halogens is 1. The minimum atomic E-state index is -0.174. The van der Waals surface area contributed by atoms with Gasteiger partial charge in [0.2, 0.25) is 0 Å². The third-order valence-electron chi connectivity index (χ3n) is 2.71. The summed E-state index contributed by atoms with van der Waals surface area (Å²) in [6, 6.07) is 6.82. The molecule has 3 heteroatoms. The van der Waals surface area contributed by atoms with Gasteiger partial charge in [0.1, 0.15) is 5.82 Å². The Kier molecular flexibility index (Phi) is 4.56. The zero-order chi connectivity index (χ0) is 11.3. The highest BCUT2D eigenvalue weighted by Gasteiger charge is 2.11. The molecule has 1 aromatic carbocycles. The third-order valence-corrected chi connectivity index (χ3v) is 2.71. The van der Waals surface area contributed by atoms with Crippen LogP contribution in [0.4, 0.5) is 10.1 Å². The van der Waals surface area contributed by atoms with Gasteiger partial charge in [0, 0.05) is 13.6 Å². The van der Waals surface area contributed by atoms with Crippen LogP contribution in [-0.2, 0) is 0 Å². The van der Waals surface area contributed by atoms with Crippen molar-refractivity contribution in [3.8, 4) is 0 Å². The Morgan fingerprint density at radius 2 is 2.07 bits per heavy atom. The Morgan fingerprint density at radius 1 is 1.40 bits per heavy atom. The van der Waals surface area contributed by atoms with Crippen molar-refractivity contribution in [1.82, 2.24) is 0 Å². The van der Waals surface area contributed by atoms with E-state index in [1.807, 2.05) is 18.0 Å². The van der Waals surface area contributed by atoms with Crippen molar-refractivity contribution < 1.29 is 4.39 Å². The van der Waals surface area contributed by atoms with Crippen LogP contribution in [0.25, 0.3) is 0 Å². The van der Waals surface area contributed by atoms with E-state index in [0.717, 1.165) is 13.0 Å². The molecule has 84 valence electrons. The number of anilines is 1. The highest BCUT2D eigenvalue weighted by Crippen LogP contribution is 2.18. The fourth-order valence-corrected chi connectivity index (χ4v) is 1.62. The molecular weight excluding hydrogens is 191 g/mol. The van der Waals surface area contributed by atoms with Gasteiger partial charge in [-0.2, -0.15) is 0 Å². The van der Waals surface area contributed by atoms with Gasteiger partial charge in [-0.15, -0.1) is 0 Å². The normalized spacial score (nSPS) is 12.5. The lowest BCUT2D eigenvalue weighted by Gasteiger charge is -2.24. The van der Waals surface area contributed by atoms with Crippen molar-refractivity contribution >= 4 is 5.69 Å². The fraction of sp³-hybridized carbons (Fsp3) is 0.500. The van der Waals surface area contributed by atoms with Gasteiger partial charge < -0.3 is 10.6 Å². The largest absolute Gasteiger partial charge is 0.372 e. The predicted molar refractivity (Wildman–Crippen MR) is 62.5 cm³/mol. The third kappa shape index (κ3) is 3.20. The van der Waals surface area contributed by atoms with Gasteiger partial charge in [-0.1, -0.05) is 25.5 Å². The van der Waals surface area contributed by atoms with Crippen molar-refractivity contribution in [1.29, 1.82) is 0 Å². The molecule has 0 heterocycles. The second-order valence-corrected chi connectivity index (χ2v) is 3.84. The molecule has 0 saturated heterocycles. The van der Waals surface area contributed by atoms with Gasteiger partial charge in [0.05, 0.1) is 5.69 Å². The van der Waals surface area contributed by atoms with E-state index >= 15 is 0 Å². The Hall–Kier alpha value is -1.09. The summed E-state index contributed by atoms with van der Waals surface area (Å²) >= 11 is 0. The smallest absolute Gasteiger partial charge is 0.146 e. The molecule has 1 unspecified atom stereocenters. The highest BCUT2D eigenvalue weighted by molar-refractivity contribution is 5.46. The molecular formula is C12H19FN2. The molecule has 1 rings (SSSR count). The molecule has 0 bridgehead atoms. The zero-order valence-corrected chi connectivity index (χ0v) is 9.41. The summed E-state index contributed by atoms with van der Waals surface area (Å²) in [7, 11) is 1.90. The first-order valence-electron chi connectivity index (χ1n) is 5.34. The van der Waals surface area contributed by atoms with Crippen molar-refractivity contribution in [3.63, 3.8) is 0 Å². The quantitative estimate of drug-likeness (QED) is 0.807. The van der Waals surface area contributed by atoms with E-state index < -0.39 is 0 Å². The monoisotopic (exact) mass is 210 g/mol. The summed E-state index contributed by atoms with van der Waals surface area (Å²) in [4.78, 5) is 1.93. The molecule has 1 atom stereocenters.